The van der Waals surface area contributed by atoms with Crippen LogP contribution in [0.15, 0.2) is 42.6 Å². The summed E-state index contributed by atoms with van der Waals surface area (Å²) >= 11 is 5.88. The van der Waals surface area contributed by atoms with Gasteiger partial charge in [-0.3, -0.25) is 4.79 Å². The molecule has 0 radical (unpaired) electrons. The van der Waals surface area contributed by atoms with Crippen LogP contribution in [0, 0.1) is 0 Å². The van der Waals surface area contributed by atoms with Gasteiger partial charge in [0.05, 0.1) is 12.1 Å². The van der Waals surface area contributed by atoms with Gasteiger partial charge in [0.1, 0.15) is 5.15 Å². The fourth-order valence-electron chi connectivity index (χ4n) is 2.05. The summed E-state index contributed by atoms with van der Waals surface area (Å²) in [6.07, 6.45) is 4.20. The maximum absolute atomic E-state index is 11.5. The Morgan fingerprint density at radius 3 is 2.89 bits per heavy atom. The lowest BCUT2D eigenvalue weighted by molar-refractivity contribution is -0.127. The van der Waals surface area contributed by atoms with Crippen molar-refractivity contribution < 1.29 is 4.79 Å². The van der Waals surface area contributed by atoms with Crippen LogP contribution in [-0.2, 0) is 11.3 Å². The molecule has 2 heterocycles. The summed E-state index contributed by atoms with van der Waals surface area (Å²) in [5.74, 6) is 0.133. The van der Waals surface area contributed by atoms with Crippen LogP contribution >= 0.6 is 11.6 Å². The summed E-state index contributed by atoms with van der Waals surface area (Å²) in [6.45, 7) is 0.583. The molecule has 0 atom stereocenters. The highest BCUT2D eigenvalue weighted by Gasteiger charge is 2.14. The summed E-state index contributed by atoms with van der Waals surface area (Å²) in [7, 11) is 0. The fourth-order valence-corrected chi connectivity index (χ4v) is 2.21. The van der Waals surface area contributed by atoms with Crippen molar-refractivity contribution in [1.82, 2.24) is 9.88 Å². The number of amides is 1. The van der Waals surface area contributed by atoms with Crippen LogP contribution in [0.4, 0.5) is 0 Å². The van der Waals surface area contributed by atoms with Crippen LogP contribution in [0.1, 0.15) is 12.0 Å². The van der Waals surface area contributed by atoms with E-state index < -0.39 is 0 Å². The average molecular weight is 259 g/mol. The van der Waals surface area contributed by atoms with Gasteiger partial charge in [-0.05, 0) is 23.8 Å². The number of pyridine rings is 1. The van der Waals surface area contributed by atoms with E-state index in [1.165, 1.54) is 0 Å². The second kappa shape index (κ2) is 4.42. The van der Waals surface area contributed by atoms with E-state index >= 15 is 0 Å². The van der Waals surface area contributed by atoms with Crippen molar-refractivity contribution in [2.45, 2.75) is 13.0 Å². The van der Waals surface area contributed by atoms with E-state index in [4.69, 9.17) is 11.6 Å². The molecular weight excluding hydrogens is 248 g/mol. The van der Waals surface area contributed by atoms with Gasteiger partial charge in [-0.2, -0.15) is 0 Å². The summed E-state index contributed by atoms with van der Waals surface area (Å²) in [6, 6.07) is 9.70. The topological polar surface area (TPSA) is 33.2 Å². The molecule has 0 spiro atoms. The molecule has 18 heavy (non-hydrogen) atoms. The molecule has 0 saturated heterocycles. The Balaban J connectivity index is 1.93. The van der Waals surface area contributed by atoms with Gasteiger partial charge in [-0.15, -0.1) is 0 Å². The van der Waals surface area contributed by atoms with Gasteiger partial charge in [0, 0.05) is 18.0 Å². The van der Waals surface area contributed by atoms with Gasteiger partial charge in [0.2, 0.25) is 5.91 Å². The van der Waals surface area contributed by atoms with Crippen molar-refractivity contribution >= 4 is 28.4 Å². The molecule has 0 bridgehead atoms. The first kappa shape index (κ1) is 11.2. The summed E-state index contributed by atoms with van der Waals surface area (Å²) in [5.41, 5.74) is 1.91. The van der Waals surface area contributed by atoms with Gasteiger partial charge in [-0.1, -0.05) is 29.8 Å². The van der Waals surface area contributed by atoms with Gasteiger partial charge < -0.3 is 4.90 Å². The Bertz CT molecular complexity index is 651. The molecule has 2 aromatic rings. The molecule has 0 fully saturated rings. The number of nitrogens with zero attached hydrogens (tertiary/aromatic N) is 2. The lowest BCUT2D eigenvalue weighted by atomic mass is 10.1. The molecule has 0 unspecified atom stereocenters. The predicted molar refractivity (Wildman–Crippen MR) is 71.1 cm³/mol. The number of rotatable bonds is 2. The normalized spacial score (nSPS) is 14.7. The minimum Gasteiger partial charge on any atom is -0.315 e. The molecular formula is C14H11ClN2O. The van der Waals surface area contributed by atoms with Crippen molar-refractivity contribution in [2.24, 2.45) is 0 Å². The highest BCUT2D eigenvalue weighted by atomic mass is 35.5. The molecule has 0 aliphatic carbocycles. The summed E-state index contributed by atoms with van der Waals surface area (Å²) in [4.78, 5) is 17.5. The number of carbonyl (C=O) groups excluding carboxylic acids is 1. The highest BCUT2D eigenvalue weighted by Crippen LogP contribution is 2.19. The van der Waals surface area contributed by atoms with E-state index in [-0.39, 0.29) is 5.91 Å². The molecule has 1 aromatic carbocycles. The number of hydrogen-bond donors (Lipinski definition) is 0. The molecule has 3 rings (SSSR count). The van der Waals surface area contributed by atoms with Crippen molar-refractivity contribution in [3.05, 3.63) is 53.3 Å². The van der Waals surface area contributed by atoms with Gasteiger partial charge in [0.25, 0.3) is 0 Å². The van der Waals surface area contributed by atoms with Crippen LogP contribution in [-0.4, -0.2) is 15.8 Å². The third-order valence-corrected chi connectivity index (χ3v) is 3.18. The second-order valence-corrected chi connectivity index (χ2v) is 4.66. The Labute approximate surface area is 110 Å². The molecule has 3 nitrogen and oxygen atoms in total. The maximum Gasteiger partial charge on any atom is 0.230 e. The predicted octanol–water partition coefficient (Wildman–Crippen LogP) is 3.13. The van der Waals surface area contributed by atoms with Crippen molar-refractivity contribution in [3.8, 4) is 0 Å². The van der Waals surface area contributed by atoms with E-state index in [1.807, 2.05) is 36.5 Å². The number of halogens is 1. The van der Waals surface area contributed by atoms with E-state index in [0.29, 0.717) is 18.1 Å². The minimum atomic E-state index is 0.133. The maximum atomic E-state index is 11.5. The zero-order chi connectivity index (χ0) is 12.5. The average Bonchev–Trinajstić information content (AvgIpc) is 2.74. The van der Waals surface area contributed by atoms with Gasteiger partial charge in [-0.25, -0.2) is 4.98 Å². The number of fused-ring (bicyclic) bond motifs is 1. The summed E-state index contributed by atoms with van der Waals surface area (Å²) < 4.78 is 0. The summed E-state index contributed by atoms with van der Waals surface area (Å²) in [5, 5.41) is 1.53. The molecule has 1 aliphatic heterocycles. The zero-order valence-corrected chi connectivity index (χ0v) is 10.4. The molecule has 4 heteroatoms. The molecule has 90 valence electrons. The van der Waals surface area contributed by atoms with E-state index in [9.17, 15) is 4.79 Å². The van der Waals surface area contributed by atoms with Gasteiger partial charge in [0.15, 0.2) is 0 Å². The van der Waals surface area contributed by atoms with E-state index in [2.05, 4.69) is 4.98 Å². The molecule has 0 N–H and O–H groups in total. The number of aromatic nitrogens is 1. The quantitative estimate of drug-likeness (QED) is 0.776. The molecule has 1 aromatic heterocycles. The van der Waals surface area contributed by atoms with Crippen LogP contribution in [0.5, 0.6) is 0 Å². The molecule has 0 saturated carbocycles. The Kier molecular flexibility index (Phi) is 2.76. The highest BCUT2D eigenvalue weighted by molar-refractivity contribution is 6.29. The second-order valence-electron chi connectivity index (χ2n) is 4.27. The van der Waals surface area contributed by atoms with Crippen molar-refractivity contribution in [1.29, 1.82) is 0 Å². The molecule has 1 amide bonds. The standard InChI is InChI=1S/C14H11ClN2O/c15-13-6-5-11-4-3-10(8-12(11)16-13)9-17-7-1-2-14(17)18/h1,3-8H,2,9H2. The lowest BCUT2D eigenvalue weighted by Gasteiger charge is -2.13. The number of hydrogen-bond acceptors (Lipinski definition) is 2. The third kappa shape index (κ3) is 2.09. The Morgan fingerprint density at radius 1 is 1.28 bits per heavy atom. The van der Waals surface area contributed by atoms with Crippen LogP contribution in [0.3, 0.4) is 0 Å². The molecule has 1 aliphatic rings. The monoisotopic (exact) mass is 258 g/mol. The smallest absolute Gasteiger partial charge is 0.230 e. The number of carbonyl (C=O) groups is 1. The third-order valence-electron chi connectivity index (χ3n) is 2.97. The van der Waals surface area contributed by atoms with Crippen LogP contribution in [0.2, 0.25) is 5.15 Å². The SMILES string of the molecule is O=C1CC=CN1Cc1ccc2ccc(Cl)nc2c1. The van der Waals surface area contributed by atoms with E-state index in [1.54, 1.807) is 11.0 Å². The fraction of sp³-hybridized carbons (Fsp3) is 0.143. The first-order valence-corrected chi connectivity index (χ1v) is 6.11. The van der Waals surface area contributed by atoms with Gasteiger partial charge >= 0.3 is 0 Å². The van der Waals surface area contributed by atoms with Crippen LogP contribution in [0.25, 0.3) is 10.9 Å². The number of benzene rings is 1. The first-order valence-electron chi connectivity index (χ1n) is 5.74. The van der Waals surface area contributed by atoms with Crippen molar-refractivity contribution in [3.63, 3.8) is 0 Å². The lowest BCUT2D eigenvalue weighted by Crippen LogP contribution is -2.20. The Morgan fingerprint density at radius 2 is 2.11 bits per heavy atom. The first-order chi connectivity index (χ1) is 8.72. The largest absolute Gasteiger partial charge is 0.315 e. The zero-order valence-electron chi connectivity index (χ0n) is 9.64. The van der Waals surface area contributed by atoms with E-state index in [0.717, 1.165) is 16.5 Å². The van der Waals surface area contributed by atoms with Crippen LogP contribution < -0.4 is 0 Å². The van der Waals surface area contributed by atoms with Crippen molar-refractivity contribution in [2.75, 3.05) is 0 Å². The Hall–Kier alpha value is -1.87. The minimum absolute atomic E-state index is 0.133.